The number of nitrogens with zero attached hydrogens (tertiary/aromatic N) is 3. The molecule has 4 heteroatoms. The second kappa shape index (κ2) is 6.40. The topological polar surface area (TPSA) is 46.1 Å². The van der Waals surface area contributed by atoms with E-state index >= 15 is 0 Å². The van der Waals surface area contributed by atoms with Crippen molar-refractivity contribution < 1.29 is 4.79 Å². The van der Waals surface area contributed by atoms with Crippen LogP contribution in [-0.4, -0.2) is 27.8 Å². The third-order valence-electron chi connectivity index (χ3n) is 4.49. The molecule has 122 valence electrons. The molecule has 0 fully saturated rings. The van der Waals surface area contributed by atoms with Crippen LogP contribution in [0.3, 0.4) is 0 Å². The molecule has 0 saturated carbocycles. The Morgan fingerprint density at radius 2 is 1.92 bits per heavy atom. The fourth-order valence-electron chi connectivity index (χ4n) is 2.86. The van der Waals surface area contributed by atoms with Crippen LogP contribution in [0, 0.1) is 13.8 Å². The van der Waals surface area contributed by atoms with Gasteiger partial charge in [0.1, 0.15) is 5.69 Å². The Morgan fingerprint density at radius 1 is 1.12 bits per heavy atom. The summed E-state index contributed by atoms with van der Waals surface area (Å²) in [7, 11) is 1.83. The number of carbonyl (C=O) groups excluding carboxylic acids is 1. The third-order valence-corrected chi connectivity index (χ3v) is 4.49. The van der Waals surface area contributed by atoms with Crippen molar-refractivity contribution in [1.82, 2.24) is 14.9 Å². The van der Waals surface area contributed by atoms with Crippen LogP contribution in [0.4, 0.5) is 0 Å². The van der Waals surface area contributed by atoms with Gasteiger partial charge in [0.15, 0.2) is 0 Å². The normalized spacial score (nSPS) is 12.2. The average molecular weight is 319 g/mol. The van der Waals surface area contributed by atoms with Gasteiger partial charge in [0.05, 0.1) is 11.6 Å². The molecular weight excluding hydrogens is 298 g/mol. The molecule has 0 N–H and O–H groups in total. The number of fused-ring (bicyclic) bond motifs is 1. The van der Waals surface area contributed by atoms with E-state index in [0.717, 1.165) is 16.5 Å². The Bertz CT molecular complexity index is 904. The quantitative estimate of drug-likeness (QED) is 0.731. The summed E-state index contributed by atoms with van der Waals surface area (Å²) in [5.74, 6) is -0.0814. The van der Waals surface area contributed by atoms with Crippen LogP contribution in [0.2, 0.25) is 0 Å². The molecule has 4 nitrogen and oxygen atoms in total. The van der Waals surface area contributed by atoms with Crippen molar-refractivity contribution in [1.29, 1.82) is 0 Å². The lowest BCUT2D eigenvalue weighted by molar-refractivity contribution is 0.0736. The monoisotopic (exact) mass is 319 g/mol. The van der Waals surface area contributed by atoms with Gasteiger partial charge in [-0.05, 0) is 50.1 Å². The summed E-state index contributed by atoms with van der Waals surface area (Å²) in [6.45, 7) is 6.19. The molecule has 0 aliphatic rings. The highest BCUT2D eigenvalue weighted by Gasteiger charge is 2.21. The first kappa shape index (κ1) is 16.1. The molecule has 0 saturated heterocycles. The standard InChI is InChI=1S/C20H21N3O/c1-13-5-6-14(2)17(11-13)15(3)23(4)20(24)19-8-7-16-12-21-10-9-18(16)22-19/h5-12,15H,1-4H3/t15-/m0/s1. The Kier molecular flexibility index (Phi) is 4.30. The molecule has 0 aliphatic heterocycles. The van der Waals surface area contributed by atoms with Gasteiger partial charge in [0.25, 0.3) is 5.91 Å². The van der Waals surface area contributed by atoms with Gasteiger partial charge in [-0.15, -0.1) is 0 Å². The number of aromatic nitrogens is 2. The predicted molar refractivity (Wildman–Crippen MR) is 96.0 cm³/mol. The molecule has 0 aliphatic carbocycles. The van der Waals surface area contributed by atoms with Crippen molar-refractivity contribution in [3.8, 4) is 0 Å². The van der Waals surface area contributed by atoms with Crippen LogP contribution < -0.4 is 0 Å². The molecule has 2 aromatic heterocycles. The lowest BCUT2D eigenvalue weighted by atomic mass is 9.99. The Balaban J connectivity index is 1.91. The van der Waals surface area contributed by atoms with Crippen molar-refractivity contribution in [2.75, 3.05) is 7.05 Å². The summed E-state index contributed by atoms with van der Waals surface area (Å²) in [6, 6.07) is 11.8. The Hall–Kier alpha value is -2.75. The second-order valence-electron chi connectivity index (χ2n) is 6.22. The lowest BCUT2D eigenvalue weighted by Gasteiger charge is -2.26. The molecule has 0 bridgehead atoms. The maximum absolute atomic E-state index is 12.8. The largest absolute Gasteiger partial charge is 0.334 e. The van der Waals surface area contributed by atoms with Crippen LogP contribution in [0.15, 0.2) is 48.8 Å². The summed E-state index contributed by atoms with van der Waals surface area (Å²) in [4.78, 5) is 23.1. The van der Waals surface area contributed by atoms with E-state index in [1.54, 1.807) is 23.4 Å². The minimum Gasteiger partial charge on any atom is -0.334 e. The van der Waals surface area contributed by atoms with Gasteiger partial charge in [-0.3, -0.25) is 9.78 Å². The van der Waals surface area contributed by atoms with E-state index in [-0.39, 0.29) is 11.9 Å². The van der Waals surface area contributed by atoms with Crippen LogP contribution in [0.25, 0.3) is 10.9 Å². The zero-order valence-electron chi connectivity index (χ0n) is 14.4. The molecule has 3 rings (SSSR count). The second-order valence-corrected chi connectivity index (χ2v) is 6.22. The van der Waals surface area contributed by atoms with Gasteiger partial charge in [0, 0.05) is 24.8 Å². The molecule has 24 heavy (non-hydrogen) atoms. The molecule has 1 aromatic carbocycles. The maximum Gasteiger partial charge on any atom is 0.272 e. The molecule has 1 amide bonds. The fourth-order valence-corrected chi connectivity index (χ4v) is 2.86. The highest BCUT2D eigenvalue weighted by atomic mass is 16.2. The van der Waals surface area contributed by atoms with Crippen LogP contribution in [-0.2, 0) is 0 Å². The number of carbonyl (C=O) groups is 1. The van der Waals surface area contributed by atoms with Gasteiger partial charge < -0.3 is 4.90 Å². The summed E-state index contributed by atoms with van der Waals surface area (Å²) in [5.41, 5.74) is 4.78. The number of rotatable bonds is 3. The Labute approximate surface area is 142 Å². The van der Waals surface area contributed by atoms with Crippen molar-refractivity contribution in [3.63, 3.8) is 0 Å². The van der Waals surface area contributed by atoms with E-state index in [9.17, 15) is 4.79 Å². The van der Waals surface area contributed by atoms with Gasteiger partial charge in [-0.2, -0.15) is 0 Å². The van der Waals surface area contributed by atoms with Gasteiger partial charge >= 0.3 is 0 Å². The molecule has 0 spiro atoms. The minimum absolute atomic E-state index is 0.0210. The molecule has 1 atom stereocenters. The minimum atomic E-state index is -0.0814. The van der Waals surface area contributed by atoms with Gasteiger partial charge in [-0.1, -0.05) is 23.8 Å². The zero-order chi connectivity index (χ0) is 17.3. The molecular formula is C20H21N3O. The molecule has 0 radical (unpaired) electrons. The van der Waals surface area contributed by atoms with Crippen LogP contribution in [0.1, 0.15) is 40.1 Å². The highest BCUT2D eigenvalue weighted by molar-refractivity contribution is 5.94. The van der Waals surface area contributed by atoms with Crippen molar-refractivity contribution in [2.24, 2.45) is 0 Å². The lowest BCUT2D eigenvalue weighted by Crippen LogP contribution is -2.30. The number of benzene rings is 1. The average Bonchev–Trinajstić information content (AvgIpc) is 2.61. The Morgan fingerprint density at radius 3 is 2.71 bits per heavy atom. The van der Waals surface area contributed by atoms with Gasteiger partial charge in [-0.25, -0.2) is 4.98 Å². The van der Waals surface area contributed by atoms with E-state index in [1.807, 2.05) is 26.1 Å². The van der Waals surface area contributed by atoms with Crippen LogP contribution >= 0.6 is 0 Å². The maximum atomic E-state index is 12.8. The smallest absolute Gasteiger partial charge is 0.272 e. The van der Waals surface area contributed by atoms with E-state index in [2.05, 4.69) is 42.0 Å². The number of aryl methyl sites for hydroxylation is 2. The number of hydrogen-bond donors (Lipinski definition) is 0. The highest BCUT2D eigenvalue weighted by Crippen LogP contribution is 2.25. The van der Waals surface area contributed by atoms with Crippen LogP contribution in [0.5, 0.6) is 0 Å². The van der Waals surface area contributed by atoms with E-state index in [1.165, 1.54) is 11.1 Å². The summed E-state index contributed by atoms with van der Waals surface area (Å²) in [6.07, 6.45) is 3.44. The van der Waals surface area contributed by atoms with Crippen molar-refractivity contribution >= 4 is 16.8 Å². The van der Waals surface area contributed by atoms with E-state index in [0.29, 0.717) is 5.69 Å². The summed E-state index contributed by atoms with van der Waals surface area (Å²) < 4.78 is 0. The number of pyridine rings is 2. The molecule has 3 aromatic rings. The first-order valence-electron chi connectivity index (χ1n) is 8.02. The summed E-state index contributed by atoms with van der Waals surface area (Å²) >= 11 is 0. The number of hydrogen-bond acceptors (Lipinski definition) is 3. The first-order chi connectivity index (χ1) is 11.5. The van der Waals surface area contributed by atoms with Crippen molar-refractivity contribution in [3.05, 3.63) is 71.2 Å². The third kappa shape index (κ3) is 3.00. The van der Waals surface area contributed by atoms with E-state index in [4.69, 9.17) is 0 Å². The first-order valence-corrected chi connectivity index (χ1v) is 8.02. The number of amides is 1. The zero-order valence-corrected chi connectivity index (χ0v) is 14.4. The predicted octanol–water partition coefficient (Wildman–Crippen LogP) is 4.08. The fraction of sp³-hybridized carbons (Fsp3) is 0.250. The van der Waals surface area contributed by atoms with Crippen molar-refractivity contribution in [2.45, 2.75) is 26.8 Å². The van der Waals surface area contributed by atoms with E-state index < -0.39 is 0 Å². The van der Waals surface area contributed by atoms with Gasteiger partial charge in [0.2, 0.25) is 0 Å². The summed E-state index contributed by atoms with van der Waals surface area (Å²) in [5, 5.41) is 0.930. The molecule has 2 heterocycles. The molecule has 0 unspecified atom stereocenters. The SMILES string of the molecule is Cc1ccc(C)c([C@H](C)N(C)C(=O)c2ccc3cnccc3n2)c1.